The topological polar surface area (TPSA) is 52.9 Å². The number of likely N-dealkylation sites (tertiary alicyclic amines) is 1. The molecule has 28 heavy (non-hydrogen) atoms. The second-order valence-corrected chi connectivity index (χ2v) is 8.11. The number of benzene rings is 2. The molecule has 0 aromatic heterocycles. The van der Waals surface area contributed by atoms with Gasteiger partial charge in [0.1, 0.15) is 11.4 Å². The first kappa shape index (κ1) is 19.6. The monoisotopic (exact) mass is 409 g/mol. The molecule has 2 aliphatic rings. The molecular formula is C21H22ClF2NO3. The van der Waals surface area contributed by atoms with Gasteiger partial charge in [-0.3, -0.25) is 0 Å². The number of halogens is 3. The van der Waals surface area contributed by atoms with E-state index >= 15 is 0 Å². The van der Waals surface area contributed by atoms with Crippen LogP contribution in [0.15, 0.2) is 36.4 Å². The molecule has 2 aromatic carbocycles. The molecule has 0 amide bonds. The van der Waals surface area contributed by atoms with E-state index in [1.54, 1.807) is 18.2 Å². The van der Waals surface area contributed by atoms with Gasteiger partial charge in [0, 0.05) is 36.6 Å². The molecule has 1 spiro atoms. The zero-order valence-corrected chi connectivity index (χ0v) is 16.0. The summed E-state index contributed by atoms with van der Waals surface area (Å²) in [6.45, 7) is 1.68. The Hall–Kier alpha value is -1.73. The Morgan fingerprint density at radius 1 is 1.14 bits per heavy atom. The van der Waals surface area contributed by atoms with Crippen molar-refractivity contribution in [1.29, 1.82) is 0 Å². The van der Waals surface area contributed by atoms with Crippen LogP contribution in [0.25, 0.3) is 0 Å². The molecule has 0 saturated carbocycles. The third-order valence-corrected chi connectivity index (χ3v) is 5.98. The molecule has 7 heteroatoms. The van der Waals surface area contributed by atoms with E-state index < -0.39 is 29.4 Å². The normalized spacial score (nSPS) is 22.5. The maximum Gasteiger partial charge on any atom is 0.159 e. The molecule has 150 valence electrons. The molecule has 0 radical (unpaired) electrons. The summed E-state index contributed by atoms with van der Waals surface area (Å²) in [6, 6.07) is 8.74. The lowest BCUT2D eigenvalue weighted by molar-refractivity contribution is -0.0587. The molecule has 0 aliphatic carbocycles. The SMILES string of the molecule is O[C@@H](CN1CCC2(CC1)C[C@H](O)c1cc(Cl)ccc1O2)c1ccc(F)c(F)c1. The number of aliphatic hydroxyl groups is 2. The lowest BCUT2D eigenvalue weighted by Gasteiger charge is -2.46. The predicted octanol–water partition coefficient (Wildman–Crippen LogP) is 4.00. The van der Waals surface area contributed by atoms with E-state index in [0.717, 1.165) is 12.1 Å². The van der Waals surface area contributed by atoms with Crippen LogP contribution in [0.5, 0.6) is 5.75 Å². The van der Waals surface area contributed by atoms with Crippen LogP contribution >= 0.6 is 11.6 Å². The molecule has 4 nitrogen and oxygen atoms in total. The summed E-state index contributed by atoms with van der Waals surface area (Å²) in [6.07, 6.45) is 0.388. The molecule has 0 bridgehead atoms. The maximum atomic E-state index is 13.4. The number of β-amino-alcohol motifs (C(OH)–C–C–N with tert-alkyl or cyclic N) is 1. The van der Waals surface area contributed by atoms with Gasteiger partial charge < -0.3 is 19.8 Å². The average Bonchev–Trinajstić information content (AvgIpc) is 2.67. The summed E-state index contributed by atoms with van der Waals surface area (Å²) in [7, 11) is 0. The van der Waals surface area contributed by atoms with Crippen molar-refractivity contribution in [2.75, 3.05) is 19.6 Å². The zero-order chi connectivity index (χ0) is 19.9. The van der Waals surface area contributed by atoms with Crippen LogP contribution in [0, 0.1) is 11.6 Å². The molecule has 2 N–H and O–H groups in total. The van der Waals surface area contributed by atoms with Crippen LogP contribution in [-0.4, -0.2) is 40.3 Å². The van der Waals surface area contributed by atoms with Crippen LogP contribution in [0.3, 0.4) is 0 Å². The molecule has 2 atom stereocenters. The Morgan fingerprint density at radius 3 is 2.61 bits per heavy atom. The third-order valence-electron chi connectivity index (χ3n) is 5.75. The van der Waals surface area contributed by atoms with Crippen molar-refractivity contribution < 1.29 is 23.7 Å². The van der Waals surface area contributed by atoms with Gasteiger partial charge in [0.25, 0.3) is 0 Å². The van der Waals surface area contributed by atoms with Crippen LogP contribution in [0.4, 0.5) is 8.78 Å². The van der Waals surface area contributed by atoms with Gasteiger partial charge in [0.05, 0.1) is 12.2 Å². The van der Waals surface area contributed by atoms with Crippen molar-refractivity contribution in [1.82, 2.24) is 4.90 Å². The fourth-order valence-electron chi connectivity index (χ4n) is 4.13. The van der Waals surface area contributed by atoms with Gasteiger partial charge in [-0.25, -0.2) is 8.78 Å². The smallest absolute Gasteiger partial charge is 0.159 e. The van der Waals surface area contributed by atoms with Crippen molar-refractivity contribution in [3.8, 4) is 5.75 Å². The highest BCUT2D eigenvalue weighted by Crippen LogP contribution is 2.45. The van der Waals surface area contributed by atoms with Crippen molar-refractivity contribution in [3.05, 3.63) is 64.2 Å². The number of hydrogen-bond acceptors (Lipinski definition) is 4. The van der Waals surface area contributed by atoms with Crippen molar-refractivity contribution in [3.63, 3.8) is 0 Å². The van der Waals surface area contributed by atoms with Gasteiger partial charge in [-0.1, -0.05) is 17.7 Å². The first-order chi connectivity index (χ1) is 13.3. The minimum atomic E-state index is -0.961. The number of nitrogens with zero attached hydrogens (tertiary/aromatic N) is 1. The maximum absolute atomic E-state index is 13.4. The quantitative estimate of drug-likeness (QED) is 0.804. The van der Waals surface area contributed by atoms with Crippen LogP contribution in [0.2, 0.25) is 5.02 Å². The van der Waals surface area contributed by atoms with E-state index in [1.807, 2.05) is 0 Å². The lowest BCUT2D eigenvalue weighted by atomic mass is 9.81. The molecular weight excluding hydrogens is 388 g/mol. The Labute approximate surface area is 167 Å². The molecule has 4 rings (SSSR count). The number of hydrogen-bond donors (Lipinski definition) is 2. The summed E-state index contributed by atoms with van der Waals surface area (Å²) in [4.78, 5) is 2.07. The summed E-state index contributed by atoms with van der Waals surface area (Å²) < 4.78 is 32.7. The third kappa shape index (κ3) is 3.87. The van der Waals surface area contributed by atoms with Crippen LogP contribution < -0.4 is 4.74 Å². The Kier molecular flexibility index (Phi) is 5.31. The predicted molar refractivity (Wildman–Crippen MR) is 101 cm³/mol. The largest absolute Gasteiger partial charge is 0.487 e. The summed E-state index contributed by atoms with van der Waals surface area (Å²) in [5.41, 5.74) is 0.632. The van der Waals surface area contributed by atoms with E-state index in [2.05, 4.69) is 4.90 Å². The Morgan fingerprint density at radius 2 is 1.89 bits per heavy atom. The Balaban J connectivity index is 1.39. The second kappa shape index (κ2) is 7.59. The van der Waals surface area contributed by atoms with Gasteiger partial charge in [-0.2, -0.15) is 0 Å². The van der Waals surface area contributed by atoms with Gasteiger partial charge in [-0.15, -0.1) is 0 Å². The highest BCUT2D eigenvalue weighted by atomic mass is 35.5. The van der Waals surface area contributed by atoms with Gasteiger partial charge in [-0.05, 0) is 48.7 Å². The molecule has 2 heterocycles. The summed E-state index contributed by atoms with van der Waals surface area (Å²) >= 11 is 6.01. The number of piperidine rings is 1. The van der Waals surface area contributed by atoms with Gasteiger partial charge in [0.2, 0.25) is 0 Å². The van der Waals surface area contributed by atoms with Crippen molar-refractivity contribution in [2.24, 2.45) is 0 Å². The molecule has 2 aliphatic heterocycles. The standard InChI is InChI=1S/C21H22ClF2NO3/c22-14-2-4-20-15(10-14)18(26)11-21(28-20)5-7-25(8-6-21)12-19(27)13-1-3-16(23)17(24)9-13/h1-4,9-10,18-19,26-27H,5-8,11-12H2/t18-,19-/m0/s1. The summed E-state index contributed by atoms with van der Waals surface area (Å²) in [5, 5.41) is 21.5. The number of ether oxygens (including phenoxy) is 1. The van der Waals surface area contributed by atoms with E-state index in [4.69, 9.17) is 16.3 Å². The van der Waals surface area contributed by atoms with E-state index in [-0.39, 0.29) is 0 Å². The van der Waals surface area contributed by atoms with Crippen molar-refractivity contribution >= 4 is 11.6 Å². The first-order valence-electron chi connectivity index (χ1n) is 9.37. The fourth-order valence-corrected chi connectivity index (χ4v) is 4.31. The van der Waals surface area contributed by atoms with Gasteiger partial charge >= 0.3 is 0 Å². The minimum Gasteiger partial charge on any atom is -0.487 e. The molecule has 1 fully saturated rings. The molecule has 2 aromatic rings. The Bertz CT molecular complexity index is 871. The lowest BCUT2D eigenvalue weighted by Crippen LogP contribution is -2.51. The van der Waals surface area contributed by atoms with Crippen molar-refractivity contribution in [2.45, 2.75) is 37.1 Å². The molecule has 0 unspecified atom stereocenters. The molecule has 1 saturated heterocycles. The van der Waals surface area contributed by atoms with Gasteiger partial charge in [0.15, 0.2) is 11.6 Å². The second-order valence-electron chi connectivity index (χ2n) is 7.68. The van der Waals surface area contributed by atoms with Crippen LogP contribution in [-0.2, 0) is 0 Å². The number of aliphatic hydroxyl groups excluding tert-OH is 2. The van der Waals surface area contributed by atoms with Crippen LogP contribution in [0.1, 0.15) is 42.6 Å². The number of rotatable bonds is 3. The average molecular weight is 410 g/mol. The fraction of sp³-hybridized carbons (Fsp3) is 0.429. The van der Waals surface area contributed by atoms with E-state index in [1.165, 1.54) is 6.07 Å². The zero-order valence-electron chi connectivity index (χ0n) is 15.2. The highest BCUT2D eigenvalue weighted by Gasteiger charge is 2.43. The highest BCUT2D eigenvalue weighted by molar-refractivity contribution is 6.30. The minimum absolute atomic E-state index is 0.329. The van der Waals surface area contributed by atoms with E-state index in [9.17, 15) is 19.0 Å². The first-order valence-corrected chi connectivity index (χ1v) is 9.75. The summed E-state index contributed by atoms with van der Waals surface area (Å²) in [5.74, 6) is -1.22. The number of fused-ring (bicyclic) bond motifs is 1. The van der Waals surface area contributed by atoms with E-state index in [0.29, 0.717) is 60.8 Å².